The van der Waals surface area contributed by atoms with E-state index >= 15 is 0 Å². The van der Waals surface area contributed by atoms with Gasteiger partial charge in [0.2, 0.25) is 5.91 Å². The highest BCUT2D eigenvalue weighted by Gasteiger charge is 2.29. The minimum Gasteiger partial charge on any atom is -0.327 e. The minimum absolute atomic E-state index is 0.0458. The Morgan fingerprint density at radius 2 is 2.35 bits per heavy atom. The van der Waals surface area contributed by atoms with Crippen molar-refractivity contribution in [1.82, 2.24) is 4.90 Å². The van der Waals surface area contributed by atoms with Crippen LogP contribution in [0.5, 0.6) is 0 Å². The number of nitriles is 1. The Labute approximate surface area is 104 Å². The van der Waals surface area contributed by atoms with Crippen LogP contribution in [0.3, 0.4) is 0 Å². The SMILES string of the molecule is CCC[C@H](C)[C@@H](N)CC(=O)N1CCC[C@@H]1C#N. The quantitative estimate of drug-likeness (QED) is 0.790. The Balaban J connectivity index is 2.46. The van der Waals surface area contributed by atoms with E-state index in [1.807, 2.05) is 0 Å². The monoisotopic (exact) mass is 237 g/mol. The molecule has 0 aliphatic carbocycles. The molecular formula is C13H23N3O. The summed E-state index contributed by atoms with van der Waals surface area (Å²) in [4.78, 5) is 13.7. The first-order valence-corrected chi connectivity index (χ1v) is 6.54. The molecule has 3 atom stereocenters. The van der Waals surface area contributed by atoms with E-state index in [4.69, 9.17) is 11.0 Å². The van der Waals surface area contributed by atoms with E-state index in [9.17, 15) is 4.79 Å². The molecule has 0 saturated carbocycles. The van der Waals surface area contributed by atoms with Crippen LogP contribution in [0.1, 0.15) is 46.0 Å². The second-order valence-corrected chi connectivity index (χ2v) is 5.01. The molecule has 1 rings (SSSR count). The van der Waals surface area contributed by atoms with E-state index < -0.39 is 0 Å². The van der Waals surface area contributed by atoms with Crippen LogP contribution < -0.4 is 5.73 Å². The van der Waals surface area contributed by atoms with Gasteiger partial charge in [0, 0.05) is 19.0 Å². The van der Waals surface area contributed by atoms with E-state index in [1.165, 1.54) is 0 Å². The number of carbonyl (C=O) groups excluding carboxylic acids is 1. The third-order valence-electron chi connectivity index (χ3n) is 3.61. The van der Waals surface area contributed by atoms with Gasteiger partial charge in [-0.1, -0.05) is 20.3 Å². The molecule has 1 fully saturated rings. The van der Waals surface area contributed by atoms with E-state index in [2.05, 4.69) is 19.9 Å². The number of hydrogen-bond acceptors (Lipinski definition) is 3. The van der Waals surface area contributed by atoms with Crippen molar-refractivity contribution in [2.24, 2.45) is 11.7 Å². The number of nitrogens with zero attached hydrogens (tertiary/aromatic N) is 2. The predicted molar refractivity (Wildman–Crippen MR) is 67.0 cm³/mol. The largest absolute Gasteiger partial charge is 0.327 e. The van der Waals surface area contributed by atoms with Crippen LogP contribution in [0.25, 0.3) is 0 Å². The van der Waals surface area contributed by atoms with Crippen LogP contribution in [0, 0.1) is 17.2 Å². The molecule has 0 aromatic carbocycles. The van der Waals surface area contributed by atoms with E-state index in [-0.39, 0.29) is 18.0 Å². The molecule has 1 amide bonds. The zero-order chi connectivity index (χ0) is 12.8. The number of carbonyl (C=O) groups is 1. The highest BCUT2D eigenvalue weighted by Crippen LogP contribution is 2.19. The summed E-state index contributed by atoms with van der Waals surface area (Å²) in [6.07, 6.45) is 4.26. The smallest absolute Gasteiger partial charge is 0.225 e. The number of rotatable bonds is 5. The average Bonchev–Trinajstić information content (AvgIpc) is 2.77. The maximum atomic E-state index is 12.0. The van der Waals surface area contributed by atoms with Gasteiger partial charge < -0.3 is 10.6 Å². The van der Waals surface area contributed by atoms with Gasteiger partial charge in [-0.05, 0) is 25.2 Å². The summed E-state index contributed by atoms with van der Waals surface area (Å²) in [7, 11) is 0. The van der Waals surface area contributed by atoms with Gasteiger partial charge in [0.1, 0.15) is 6.04 Å². The van der Waals surface area contributed by atoms with Crippen molar-refractivity contribution in [2.45, 2.75) is 58.0 Å². The maximum Gasteiger partial charge on any atom is 0.225 e. The normalized spacial score (nSPS) is 23.2. The van der Waals surface area contributed by atoms with Gasteiger partial charge >= 0.3 is 0 Å². The zero-order valence-electron chi connectivity index (χ0n) is 10.9. The summed E-state index contributed by atoms with van der Waals surface area (Å²) in [5.41, 5.74) is 6.03. The Kier molecular flexibility index (Phi) is 5.43. The lowest BCUT2D eigenvalue weighted by atomic mass is 9.95. The standard InChI is InChI=1S/C13H23N3O/c1-3-5-10(2)12(15)8-13(17)16-7-4-6-11(16)9-14/h10-12H,3-8,15H2,1-2H3/t10-,11+,12-/m0/s1. The van der Waals surface area contributed by atoms with E-state index in [0.29, 0.717) is 18.9 Å². The fourth-order valence-corrected chi connectivity index (χ4v) is 2.39. The molecule has 0 aromatic rings. The molecule has 1 heterocycles. The van der Waals surface area contributed by atoms with Crippen molar-refractivity contribution >= 4 is 5.91 Å². The number of amides is 1. The van der Waals surface area contributed by atoms with Gasteiger partial charge in [0.05, 0.1) is 6.07 Å². The first kappa shape index (κ1) is 14.0. The fraction of sp³-hybridized carbons (Fsp3) is 0.846. The van der Waals surface area contributed by atoms with Gasteiger partial charge in [-0.3, -0.25) is 4.79 Å². The van der Waals surface area contributed by atoms with Gasteiger partial charge in [-0.15, -0.1) is 0 Å². The minimum atomic E-state index is -0.226. The summed E-state index contributed by atoms with van der Waals surface area (Å²) in [6.45, 7) is 4.93. The summed E-state index contributed by atoms with van der Waals surface area (Å²) >= 11 is 0. The van der Waals surface area contributed by atoms with Crippen molar-refractivity contribution in [3.8, 4) is 6.07 Å². The summed E-state index contributed by atoms with van der Waals surface area (Å²) in [5, 5.41) is 8.94. The molecule has 4 nitrogen and oxygen atoms in total. The van der Waals surface area contributed by atoms with Crippen molar-refractivity contribution < 1.29 is 4.79 Å². The molecule has 96 valence electrons. The molecule has 0 bridgehead atoms. The van der Waals surface area contributed by atoms with Crippen LogP contribution in [-0.4, -0.2) is 29.4 Å². The molecule has 4 heteroatoms. The Bertz CT molecular complexity index is 298. The molecule has 1 aliphatic heterocycles. The fourth-order valence-electron chi connectivity index (χ4n) is 2.39. The van der Waals surface area contributed by atoms with Crippen LogP contribution >= 0.6 is 0 Å². The van der Waals surface area contributed by atoms with Crippen LogP contribution in [-0.2, 0) is 4.79 Å². The first-order chi connectivity index (χ1) is 8.10. The molecule has 0 aromatic heterocycles. The lowest BCUT2D eigenvalue weighted by Gasteiger charge is -2.24. The van der Waals surface area contributed by atoms with E-state index in [1.54, 1.807) is 4.90 Å². The van der Waals surface area contributed by atoms with Crippen LogP contribution in [0.15, 0.2) is 0 Å². The highest BCUT2D eigenvalue weighted by molar-refractivity contribution is 5.77. The topological polar surface area (TPSA) is 70.1 Å². The molecule has 1 aliphatic rings. The predicted octanol–water partition coefficient (Wildman–Crippen LogP) is 1.65. The van der Waals surface area contributed by atoms with E-state index in [0.717, 1.165) is 25.7 Å². The second-order valence-electron chi connectivity index (χ2n) is 5.01. The lowest BCUT2D eigenvalue weighted by Crippen LogP contribution is -2.40. The average molecular weight is 237 g/mol. The summed E-state index contributed by atoms with van der Waals surface area (Å²) in [6, 6.07) is 1.88. The van der Waals surface area contributed by atoms with Gasteiger partial charge in [-0.2, -0.15) is 5.26 Å². The summed E-state index contributed by atoms with van der Waals surface area (Å²) in [5.74, 6) is 0.414. The first-order valence-electron chi connectivity index (χ1n) is 6.54. The maximum absolute atomic E-state index is 12.0. The molecular weight excluding hydrogens is 214 g/mol. The second kappa shape index (κ2) is 6.61. The molecule has 1 saturated heterocycles. The van der Waals surface area contributed by atoms with Crippen molar-refractivity contribution in [3.63, 3.8) is 0 Å². The van der Waals surface area contributed by atoms with Crippen LogP contribution in [0.2, 0.25) is 0 Å². The molecule has 0 spiro atoms. The molecule has 0 unspecified atom stereocenters. The zero-order valence-corrected chi connectivity index (χ0v) is 10.9. The lowest BCUT2D eigenvalue weighted by molar-refractivity contribution is -0.131. The van der Waals surface area contributed by atoms with Crippen molar-refractivity contribution in [3.05, 3.63) is 0 Å². The van der Waals surface area contributed by atoms with Gasteiger partial charge in [-0.25, -0.2) is 0 Å². The van der Waals surface area contributed by atoms with Crippen LogP contribution in [0.4, 0.5) is 0 Å². The third kappa shape index (κ3) is 3.71. The molecule has 2 N–H and O–H groups in total. The summed E-state index contributed by atoms with van der Waals surface area (Å²) < 4.78 is 0. The molecule has 0 radical (unpaired) electrons. The number of hydrogen-bond donors (Lipinski definition) is 1. The Morgan fingerprint density at radius 3 is 2.94 bits per heavy atom. The Morgan fingerprint density at radius 1 is 1.65 bits per heavy atom. The number of likely N-dealkylation sites (tertiary alicyclic amines) is 1. The Hall–Kier alpha value is -1.08. The highest BCUT2D eigenvalue weighted by atomic mass is 16.2. The van der Waals surface area contributed by atoms with Crippen molar-refractivity contribution in [1.29, 1.82) is 5.26 Å². The third-order valence-corrected chi connectivity index (χ3v) is 3.61. The van der Waals surface area contributed by atoms with Gasteiger partial charge in [0.25, 0.3) is 0 Å². The van der Waals surface area contributed by atoms with Crippen molar-refractivity contribution in [2.75, 3.05) is 6.54 Å². The number of nitrogens with two attached hydrogens (primary N) is 1. The molecule has 17 heavy (non-hydrogen) atoms. The van der Waals surface area contributed by atoms with Gasteiger partial charge in [0.15, 0.2) is 0 Å².